The van der Waals surface area contributed by atoms with E-state index in [4.69, 9.17) is 11.6 Å². The van der Waals surface area contributed by atoms with Crippen molar-refractivity contribution in [2.45, 2.75) is 0 Å². The van der Waals surface area contributed by atoms with E-state index in [1.807, 2.05) is 19.2 Å². The lowest BCUT2D eigenvalue weighted by atomic mass is 10.4. The van der Waals surface area contributed by atoms with Gasteiger partial charge in [-0.1, -0.05) is 11.6 Å². The molecular formula is C10H10ClN5. The number of anilines is 3. The summed E-state index contributed by atoms with van der Waals surface area (Å²) in [5.41, 5.74) is 0.819. The van der Waals surface area contributed by atoms with Gasteiger partial charge >= 0.3 is 0 Å². The number of nitrogens with zero attached hydrogens (tertiary/aromatic N) is 3. The second-order valence-electron chi connectivity index (χ2n) is 3.03. The van der Waals surface area contributed by atoms with Crippen molar-refractivity contribution >= 4 is 28.9 Å². The largest absolute Gasteiger partial charge is 0.373 e. The van der Waals surface area contributed by atoms with E-state index in [0.29, 0.717) is 10.8 Å². The predicted octanol–water partition coefficient (Wildman–Crippen LogP) is 2.31. The van der Waals surface area contributed by atoms with Crippen LogP contribution in [0.4, 0.5) is 17.3 Å². The van der Waals surface area contributed by atoms with E-state index >= 15 is 0 Å². The van der Waals surface area contributed by atoms with Crippen molar-refractivity contribution < 1.29 is 0 Å². The summed E-state index contributed by atoms with van der Waals surface area (Å²) >= 11 is 5.91. The molecule has 2 N–H and O–H groups in total. The Kier molecular flexibility index (Phi) is 3.16. The summed E-state index contributed by atoms with van der Waals surface area (Å²) in [6, 6.07) is 3.74. The Bertz CT molecular complexity index is 471. The molecule has 0 atom stereocenters. The van der Waals surface area contributed by atoms with Crippen LogP contribution >= 0.6 is 11.6 Å². The Morgan fingerprint density at radius 1 is 1.19 bits per heavy atom. The van der Waals surface area contributed by atoms with Gasteiger partial charge in [-0.25, -0.2) is 15.0 Å². The van der Waals surface area contributed by atoms with Gasteiger partial charge in [0.1, 0.15) is 17.2 Å². The molecule has 2 heterocycles. The van der Waals surface area contributed by atoms with Gasteiger partial charge in [0, 0.05) is 7.05 Å². The van der Waals surface area contributed by atoms with E-state index < -0.39 is 0 Å². The Morgan fingerprint density at radius 2 is 2.06 bits per heavy atom. The van der Waals surface area contributed by atoms with Crippen LogP contribution in [0.15, 0.2) is 30.9 Å². The lowest BCUT2D eigenvalue weighted by molar-refractivity contribution is 1.16. The zero-order chi connectivity index (χ0) is 11.4. The summed E-state index contributed by atoms with van der Waals surface area (Å²) in [6.07, 6.45) is 4.67. The Labute approximate surface area is 97.9 Å². The molecule has 0 amide bonds. The predicted molar refractivity (Wildman–Crippen MR) is 64.1 cm³/mol. The molecule has 16 heavy (non-hydrogen) atoms. The highest BCUT2D eigenvalue weighted by Crippen LogP contribution is 2.21. The molecule has 0 saturated carbocycles. The molecule has 2 rings (SSSR count). The fraction of sp³-hybridized carbons (Fsp3) is 0.100. The van der Waals surface area contributed by atoms with Crippen LogP contribution in [0, 0.1) is 0 Å². The molecule has 0 unspecified atom stereocenters. The van der Waals surface area contributed by atoms with Crippen LogP contribution in [0.1, 0.15) is 0 Å². The summed E-state index contributed by atoms with van der Waals surface area (Å²) in [7, 11) is 1.82. The van der Waals surface area contributed by atoms with Crippen molar-refractivity contribution in [2.75, 3.05) is 17.7 Å². The monoisotopic (exact) mass is 235 g/mol. The molecule has 5 nitrogen and oxygen atoms in total. The van der Waals surface area contributed by atoms with Crippen LogP contribution in [0.5, 0.6) is 0 Å². The maximum Gasteiger partial charge on any atom is 0.152 e. The van der Waals surface area contributed by atoms with Crippen LogP contribution in [-0.4, -0.2) is 22.0 Å². The first kappa shape index (κ1) is 10.6. The van der Waals surface area contributed by atoms with Crippen molar-refractivity contribution in [1.29, 1.82) is 0 Å². The van der Waals surface area contributed by atoms with Crippen molar-refractivity contribution in [1.82, 2.24) is 15.0 Å². The van der Waals surface area contributed by atoms with Crippen LogP contribution in [0.3, 0.4) is 0 Å². The van der Waals surface area contributed by atoms with Gasteiger partial charge in [0.05, 0.1) is 18.1 Å². The number of hydrogen-bond donors (Lipinski definition) is 2. The third kappa shape index (κ3) is 2.38. The number of pyridine rings is 1. The minimum absolute atomic E-state index is 0.472. The molecule has 0 spiro atoms. The van der Waals surface area contributed by atoms with Gasteiger partial charge in [0.2, 0.25) is 0 Å². The minimum atomic E-state index is 0.472. The molecule has 0 bridgehead atoms. The Balaban J connectivity index is 2.18. The van der Waals surface area contributed by atoms with Crippen LogP contribution in [-0.2, 0) is 0 Å². The summed E-state index contributed by atoms with van der Waals surface area (Å²) in [6.45, 7) is 0. The van der Waals surface area contributed by atoms with Gasteiger partial charge in [0.15, 0.2) is 5.82 Å². The third-order valence-corrected chi connectivity index (χ3v) is 2.23. The molecule has 0 radical (unpaired) electrons. The van der Waals surface area contributed by atoms with E-state index in [-0.39, 0.29) is 0 Å². The first-order chi connectivity index (χ1) is 7.79. The highest BCUT2D eigenvalue weighted by molar-refractivity contribution is 6.32. The number of nitrogens with one attached hydrogen (secondary N) is 2. The molecule has 0 saturated heterocycles. The highest BCUT2D eigenvalue weighted by atomic mass is 35.5. The van der Waals surface area contributed by atoms with Crippen molar-refractivity contribution in [3.63, 3.8) is 0 Å². The lowest BCUT2D eigenvalue weighted by Crippen LogP contribution is -1.97. The second-order valence-corrected chi connectivity index (χ2v) is 3.43. The molecule has 0 aliphatic rings. The van der Waals surface area contributed by atoms with E-state index in [0.717, 1.165) is 11.5 Å². The average molecular weight is 236 g/mol. The standard InChI is InChI=1S/C10H10ClN5/c1-12-9-3-2-7(4-14-9)16-10-8(11)5-13-6-15-10/h2-6H,1H3,(H,12,14)(H,13,15,16). The highest BCUT2D eigenvalue weighted by Gasteiger charge is 2.01. The van der Waals surface area contributed by atoms with Crippen LogP contribution < -0.4 is 10.6 Å². The molecule has 2 aromatic rings. The van der Waals surface area contributed by atoms with E-state index in [2.05, 4.69) is 25.6 Å². The summed E-state index contributed by atoms with van der Waals surface area (Å²) in [5.74, 6) is 1.37. The van der Waals surface area contributed by atoms with E-state index in [9.17, 15) is 0 Å². The topological polar surface area (TPSA) is 62.7 Å². The second kappa shape index (κ2) is 4.76. The molecule has 0 aliphatic heterocycles. The smallest absolute Gasteiger partial charge is 0.152 e. The molecule has 2 aromatic heterocycles. The molecule has 6 heteroatoms. The quantitative estimate of drug-likeness (QED) is 0.855. The van der Waals surface area contributed by atoms with E-state index in [1.165, 1.54) is 12.5 Å². The van der Waals surface area contributed by atoms with Gasteiger partial charge < -0.3 is 10.6 Å². The number of rotatable bonds is 3. The Morgan fingerprint density at radius 3 is 2.69 bits per heavy atom. The van der Waals surface area contributed by atoms with Gasteiger partial charge in [-0.15, -0.1) is 0 Å². The normalized spacial score (nSPS) is 9.88. The van der Waals surface area contributed by atoms with E-state index in [1.54, 1.807) is 6.20 Å². The molecular weight excluding hydrogens is 226 g/mol. The van der Waals surface area contributed by atoms with Crippen LogP contribution in [0.2, 0.25) is 5.02 Å². The molecule has 0 aromatic carbocycles. The van der Waals surface area contributed by atoms with Crippen molar-refractivity contribution in [3.05, 3.63) is 35.9 Å². The maximum absolute atomic E-state index is 5.91. The zero-order valence-corrected chi connectivity index (χ0v) is 9.36. The fourth-order valence-electron chi connectivity index (χ4n) is 1.16. The summed E-state index contributed by atoms with van der Waals surface area (Å²) in [4.78, 5) is 12.0. The molecule has 82 valence electrons. The van der Waals surface area contributed by atoms with Gasteiger partial charge in [-0.05, 0) is 12.1 Å². The average Bonchev–Trinajstić information content (AvgIpc) is 2.33. The van der Waals surface area contributed by atoms with Gasteiger partial charge in [-0.2, -0.15) is 0 Å². The molecule has 0 aliphatic carbocycles. The number of halogens is 1. The third-order valence-electron chi connectivity index (χ3n) is 1.95. The van der Waals surface area contributed by atoms with Crippen molar-refractivity contribution in [2.24, 2.45) is 0 Å². The lowest BCUT2D eigenvalue weighted by Gasteiger charge is -2.06. The van der Waals surface area contributed by atoms with Crippen molar-refractivity contribution in [3.8, 4) is 0 Å². The first-order valence-electron chi connectivity index (χ1n) is 4.66. The van der Waals surface area contributed by atoms with Crippen LogP contribution in [0.25, 0.3) is 0 Å². The molecule has 0 fully saturated rings. The van der Waals surface area contributed by atoms with Gasteiger partial charge in [0.25, 0.3) is 0 Å². The minimum Gasteiger partial charge on any atom is -0.373 e. The SMILES string of the molecule is CNc1ccc(Nc2ncncc2Cl)cn1. The fourth-order valence-corrected chi connectivity index (χ4v) is 1.31. The van der Waals surface area contributed by atoms with Gasteiger partial charge in [-0.3, -0.25) is 0 Å². The summed E-state index contributed by atoms with van der Waals surface area (Å²) in [5, 5.41) is 6.46. The zero-order valence-electron chi connectivity index (χ0n) is 8.61. The first-order valence-corrected chi connectivity index (χ1v) is 5.03. The maximum atomic E-state index is 5.91. The number of aromatic nitrogens is 3. The number of hydrogen-bond acceptors (Lipinski definition) is 5. The Hall–Kier alpha value is -1.88. The summed E-state index contributed by atoms with van der Waals surface area (Å²) < 4.78 is 0.